The minimum atomic E-state index is -3.24. The summed E-state index contributed by atoms with van der Waals surface area (Å²) in [5, 5.41) is 2.83. The number of aryl methyl sites for hydroxylation is 1. The van der Waals surface area contributed by atoms with Crippen molar-refractivity contribution in [3.05, 3.63) is 17.7 Å². The number of nitrogens with one attached hydrogen (secondary N) is 1. The number of ether oxygens (including phenoxy) is 1. The third-order valence-electron chi connectivity index (χ3n) is 3.22. The molecule has 1 unspecified atom stereocenters. The SMILES string of the molecule is CCC1CNc2c(OC)ccc(C)c2S1(=O)=O. The molecule has 1 aromatic rings. The molecule has 0 aliphatic carbocycles. The minimum Gasteiger partial charge on any atom is -0.495 e. The molecule has 0 radical (unpaired) electrons. The molecule has 0 saturated carbocycles. The van der Waals surface area contributed by atoms with E-state index in [1.807, 2.05) is 13.8 Å². The van der Waals surface area contributed by atoms with Crippen LogP contribution in [0.25, 0.3) is 0 Å². The molecular formula is C12H17NO3S. The first-order valence-corrected chi connectivity index (χ1v) is 7.22. The smallest absolute Gasteiger partial charge is 0.185 e. The summed E-state index contributed by atoms with van der Waals surface area (Å²) >= 11 is 0. The molecule has 1 aromatic carbocycles. The molecule has 0 spiro atoms. The van der Waals surface area contributed by atoms with Crippen LogP contribution in [0.3, 0.4) is 0 Å². The van der Waals surface area contributed by atoms with Crippen molar-refractivity contribution in [3.8, 4) is 5.75 Å². The Labute approximate surface area is 102 Å². The van der Waals surface area contributed by atoms with Gasteiger partial charge in [0.05, 0.1) is 22.9 Å². The van der Waals surface area contributed by atoms with Gasteiger partial charge in [0.1, 0.15) is 5.75 Å². The number of sulfone groups is 1. The maximum absolute atomic E-state index is 12.4. The molecule has 4 nitrogen and oxygen atoms in total. The first kappa shape index (κ1) is 12.2. The van der Waals surface area contributed by atoms with E-state index in [2.05, 4.69) is 5.32 Å². The number of fused-ring (bicyclic) bond motifs is 1. The van der Waals surface area contributed by atoms with Gasteiger partial charge in [0.15, 0.2) is 9.84 Å². The van der Waals surface area contributed by atoms with Gasteiger partial charge in [0, 0.05) is 6.54 Å². The van der Waals surface area contributed by atoms with Gasteiger partial charge >= 0.3 is 0 Å². The predicted octanol–water partition coefficient (Wildman–Crippen LogP) is 1.98. The fourth-order valence-corrected chi connectivity index (χ4v) is 4.28. The van der Waals surface area contributed by atoms with Crippen LogP contribution in [-0.2, 0) is 9.84 Å². The van der Waals surface area contributed by atoms with E-state index < -0.39 is 9.84 Å². The molecule has 94 valence electrons. The topological polar surface area (TPSA) is 55.4 Å². The molecule has 0 bridgehead atoms. The lowest BCUT2D eigenvalue weighted by atomic mass is 10.2. The Balaban J connectivity index is 2.70. The summed E-state index contributed by atoms with van der Waals surface area (Å²) in [7, 11) is -1.69. The summed E-state index contributed by atoms with van der Waals surface area (Å²) in [4.78, 5) is 0.398. The second-order valence-corrected chi connectivity index (χ2v) is 6.41. The molecule has 0 saturated heterocycles. The molecule has 0 fully saturated rings. The van der Waals surface area contributed by atoms with Gasteiger partial charge in [-0.05, 0) is 25.0 Å². The van der Waals surface area contributed by atoms with Crippen LogP contribution in [0.5, 0.6) is 5.75 Å². The van der Waals surface area contributed by atoms with Crippen LogP contribution >= 0.6 is 0 Å². The van der Waals surface area contributed by atoms with Crippen molar-refractivity contribution < 1.29 is 13.2 Å². The Morgan fingerprint density at radius 1 is 1.47 bits per heavy atom. The molecule has 5 heteroatoms. The molecule has 17 heavy (non-hydrogen) atoms. The van der Waals surface area contributed by atoms with Gasteiger partial charge in [0.2, 0.25) is 0 Å². The summed E-state index contributed by atoms with van der Waals surface area (Å²) in [5.74, 6) is 0.587. The summed E-state index contributed by atoms with van der Waals surface area (Å²) in [5.41, 5.74) is 1.38. The molecule has 2 rings (SSSR count). The summed E-state index contributed by atoms with van der Waals surface area (Å²) < 4.78 is 30.1. The molecule has 1 atom stereocenters. The number of hydrogen-bond donors (Lipinski definition) is 1. The normalized spacial score (nSPS) is 21.5. The summed E-state index contributed by atoms with van der Waals surface area (Å²) in [6.07, 6.45) is 0.616. The van der Waals surface area contributed by atoms with E-state index in [0.29, 0.717) is 29.3 Å². The van der Waals surface area contributed by atoms with Gasteiger partial charge in [-0.1, -0.05) is 13.0 Å². The zero-order valence-corrected chi connectivity index (χ0v) is 11.1. The molecule has 0 aromatic heterocycles. The standard InChI is InChI=1S/C12H17NO3S/c1-4-9-7-13-11-10(16-3)6-5-8(2)12(11)17(9,14)15/h5-6,9,13H,4,7H2,1-3H3. The Bertz CT molecular complexity index is 537. The van der Waals surface area contributed by atoms with Crippen molar-refractivity contribution in [3.63, 3.8) is 0 Å². The van der Waals surface area contributed by atoms with Crippen molar-refractivity contribution in [1.29, 1.82) is 0 Å². The van der Waals surface area contributed by atoms with Gasteiger partial charge in [-0.25, -0.2) is 8.42 Å². The second-order valence-electron chi connectivity index (χ2n) is 4.25. The lowest BCUT2D eigenvalue weighted by Crippen LogP contribution is -2.34. The molecule has 1 heterocycles. The van der Waals surface area contributed by atoms with E-state index >= 15 is 0 Å². The third kappa shape index (κ3) is 1.78. The molecule has 1 aliphatic rings. The fraction of sp³-hybridized carbons (Fsp3) is 0.500. The van der Waals surface area contributed by atoms with E-state index in [9.17, 15) is 8.42 Å². The van der Waals surface area contributed by atoms with Crippen LogP contribution in [0, 0.1) is 6.92 Å². The maximum Gasteiger partial charge on any atom is 0.185 e. The second kappa shape index (κ2) is 4.22. The maximum atomic E-state index is 12.4. The molecule has 0 amide bonds. The highest BCUT2D eigenvalue weighted by Gasteiger charge is 2.35. The van der Waals surface area contributed by atoms with Crippen LogP contribution in [0.4, 0.5) is 5.69 Å². The van der Waals surface area contributed by atoms with Crippen LogP contribution in [-0.4, -0.2) is 27.3 Å². The van der Waals surface area contributed by atoms with Crippen LogP contribution < -0.4 is 10.1 Å². The average Bonchev–Trinajstić information content (AvgIpc) is 2.28. The van der Waals surface area contributed by atoms with Crippen molar-refractivity contribution in [2.24, 2.45) is 0 Å². The lowest BCUT2D eigenvalue weighted by Gasteiger charge is -2.28. The highest BCUT2D eigenvalue weighted by atomic mass is 32.2. The average molecular weight is 255 g/mol. The Hall–Kier alpha value is -1.23. The van der Waals surface area contributed by atoms with Crippen molar-refractivity contribution in [2.75, 3.05) is 19.0 Å². The zero-order valence-electron chi connectivity index (χ0n) is 10.3. The summed E-state index contributed by atoms with van der Waals surface area (Å²) in [6, 6.07) is 3.58. The van der Waals surface area contributed by atoms with E-state index in [4.69, 9.17) is 4.74 Å². The minimum absolute atomic E-state index is 0.346. The van der Waals surface area contributed by atoms with E-state index in [-0.39, 0.29) is 5.25 Å². The Morgan fingerprint density at radius 2 is 2.18 bits per heavy atom. The highest BCUT2D eigenvalue weighted by Crippen LogP contribution is 2.39. The largest absolute Gasteiger partial charge is 0.495 e. The van der Waals surface area contributed by atoms with E-state index in [1.54, 1.807) is 19.2 Å². The third-order valence-corrected chi connectivity index (χ3v) is 5.69. The van der Waals surface area contributed by atoms with Crippen molar-refractivity contribution in [2.45, 2.75) is 30.4 Å². The molecular weight excluding hydrogens is 238 g/mol. The van der Waals surface area contributed by atoms with Crippen LogP contribution in [0.1, 0.15) is 18.9 Å². The Kier molecular flexibility index (Phi) is 3.03. The van der Waals surface area contributed by atoms with Gasteiger partial charge < -0.3 is 10.1 Å². The first-order chi connectivity index (χ1) is 8.02. The number of benzene rings is 1. The number of rotatable bonds is 2. The predicted molar refractivity (Wildman–Crippen MR) is 67.5 cm³/mol. The van der Waals surface area contributed by atoms with Crippen LogP contribution in [0.2, 0.25) is 0 Å². The quantitative estimate of drug-likeness (QED) is 0.878. The first-order valence-electron chi connectivity index (χ1n) is 5.67. The lowest BCUT2D eigenvalue weighted by molar-refractivity contribution is 0.414. The summed E-state index contributed by atoms with van der Waals surface area (Å²) in [6.45, 7) is 4.16. The van der Waals surface area contributed by atoms with Gasteiger partial charge in [-0.15, -0.1) is 0 Å². The fourth-order valence-electron chi connectivity index (χ4n) is 2.23. The molecule has 1 N–H and O–H groups in total. The van der Waals surface area contributed by atoms with Crippen molar-refractivity contribution in [1.82, 2.24) is 0 Å². The Morgan fingerprint density at radius 3 is 2.76 bits per heavy atom. The van der Waals surface area contributed by atoms with Gasteiger partial charge in [0.25, 0.3) is 0 Å². The highest BCUT2D eigenvalue weighted by molar-refractivity contribution is 7.92. The van der Waals surface area contributed by atoms with E-state index in [1.165, 1.54) is 0 Å². The van der Waals surface area contributed by atoms with Crippen LogP contribution in [0.15, 0.2) is 17.0 Å². The van der Waals surface area contributed by atoms with Crippen molar-refractivity contribution >= 4 is 15.5 Å². The van der Waals surface area contributed by atoms with Gasteiger partial charge in [-0.2, -0.15) is 0 Å². The van der Waals surface area contributed by atoms with E-state index in [0.717, 1.165) is 5.56 Å². The number of hydrogen-bond acceptors (Lipinski definition) is 4. The zero-order chi connectivity index (χ0) is 12.6. The number of methoxy groups -OCH3 is 1. The number of anilines is 1. The monoisotopic (exact) mass is 255 g/mol. The molecule has 1 aliphatic heterocycles. The van der Waals surface area contributed by atoms with Gasteiger partial charge in [-0.3, -0.25) is 0 Å².